The van der Waals surface area contributed by atoms with E-state index in [4.69, 9.17) is 11.3 Å². The summed E-state index contributed by atoms with van der Waals surface area (Å²) in [6.45, 7) is 12.9. The number of alkyl halides is 2. The predicted molar refractivity (Wildman–Crippen MR) is 153 cm³/mol. The number of ketones is 1. The van der Waals surface area contributed by atoms with Crippen LogP contribution in [0.5, 0.6) is 0 Å². The van der Waals surface area contributed by atoms with Crippen LogP contribution < -0.4 is 0 Å². The van der Waals surface area contributed by atoms with Crippen LogP contribution >= 0.6 is 0 Å². The van der Waals surface area contributed by atoms with Crippen molar-refractivity contribution in [1.29, 1.82) is 0 Å². The zero-order valence-corrected chi connectivity index (χ0v) is 23.8. The number of likely N-dealkylation sites (tertiary alicyclic amines) is 1. The van der Waals surface area contributed by atoms with Crippen molar-refractivity contribution in [2.24, 2.45) is 0 Å². The van der Waals surface area contributed by atoms with E-state index in [0.29, 0.717) is 36.0 Å². The smallest absolute Gasteiger partial charge is 0.410 e. The number of hydrogen-bond donors (Lipinski definition) is 0. The van der Waals surface area contributed by atoms with Gasteiger partial charge in [0.05, 0.1) is 12.1 Å². The Morgan fingerprint density at radius 1 is 1.07 bits per heavy atom. The first-order chi connectivity index (χ1) is 19.8. The Hall–Kier alpha value is -4.39. The van der Waals surface area contributed by atoms with Crippen molar-refractivity contribution >= 4 is 28.7 Å². The second-order valence-corrected chi connectivity index (χ2v) is 11.8. The van der Waals surface area contributed by atoms with Crippen LogP contribution in [-0.2, 0) is 22.5 Å². The normalized spacial score (nSPS) is 18.0. The third-order valence-electron chi connectivity index (χ3n) is 7.52. The molecule has 1 fully saturated rings. The standard InChI is InChI=1S/C32H32F2N4O4/c1-31(2,3)42-30(41)37-14-12-22-15-20(5-6-23(22)18-37)21-7-8-26-25(16-21)24(11-13-36-26)27(39)9-10-29(40)38-19-32(33,34)17-28(38)35-4/h5-8,11,13,15-16,28H,9-10,12,14,17-19H2,1-3H3/t28-/m0/s1. The van der Waals surface area contributed by atoms with Gasteiger partial charge in [-0.3, -0.25) is 24.3 Å². The van der Waals surface area contributed by atoms with E-state index in [1.54, 1.807) is 11.0 Å². The van der Waals surface area contributed by atoms with Crippen LogP contribution in [0.3, 0.4) is 0 Å². The lowest BCUT2D eigenvalue weighted by molar-refractivity contribution is -0.132. The van der Waals surface area contributed by atoms with Gasteiger partial charge in [0, 0.05) is 43.1 Å². The van der Waals surface area contributed by atoms with Crippen molar-refractivity contribution in [3.63, 3.8) is 0 Å². The average molecular weight is 575 g/mol. The molecule has 42 heavy (non-hydrogen) atoms. The molecule has 1 aromatic heterocycles. The van der Waals surface area contributed by atoms with Gasteiger partial charge in [0.1, 0.15) is 12.0 Å². The zero-order chi connectivity index (χ0) is 30.2. The molecule has 8 nitrogen and oxygen atoms in total. The maximum atomic E-state index is 13.8. The number of nitrogens with zero attached hydrogens (tertiary/aromatic N) is 4. The van der Waals surface area contributed by atoms with Gasteiger partial charge in [0.25, 0.3) is 5.92 Å². The van der Waals surface area contributed by atoms with Crippen LogP contribution in [0, 0.1) is 6.57 Å². The summed E-state index contributed by atoms with van der Waals surface area (Å²) >= 11 is 0. The summed E-state index contributed by atoms with van der Waals surface area (Å²) < 4.78 is 33.1. The first kappa shape index (κ1) is 29.1. The Morgan fingerprint density at radius 2 is 1.81 bits per heavy atom. The van der Waals surface area contributed by atoms with Gasteiger partial charge < -0.3 is 9.64 Å². The molecular weight excluding hydrogens is 542 g/mol. The summed E-state index contributed by atoms with van der Waals surface area (Å²) in [6, 6.07) is 13.3. The number of Topliss-reactive ketones (excluding diaryl/α,β-unsaturated/α-hetero) is 1. The second-order valence-electron chi connectivity index (χ2n) is 11.8. The molecule has 1 saturated heterocycles. The molecule has 3 aromatic rings. The maximum absolute atomic E-state index is 13.8. The summed E-state index contributed by atoms with van der Waals surface area (Å²) in [6.07, 6.45) is -0.419. The fraction of sp³-hybridized carbons (Fsp3) is 0.406. The summed E-state index contributed by atoms with van der Waals surface area (Å²) in [7, 11) is 0. The van der Waals surface area contributed by atoms with Crippen molar-refractivity contribution < 1.29 is 27.9 Å². The number of carbonyl (C=O) groups excluding carboxylic acids is 3. The lowest BCUT2D eigenvalue weighted by Crippen LogP contribution is -2.39. The van der Waals surface area contributed by atoms with Gasteiger partial charge >= 0.3 is 12.3 Å². The molecule has 0 N–H and O–H groups in total. The second kappa shape index (κ2) is 11.1. The fourth-order valence-electron chi connectivity index (χ4n) is 5.45. The Bertz CT molecular complexity index is 1610. The highest BCUT2D eigenvalue weighted by Crippen LogP contribution is 2.34. The molecular formula is C32H32F2N4O4. The number of ether oxygens (including phenoxy) is 1. The SMILES string of the molecule is [C-]#[N+][C@@H]1CC(F)(F)CN1C(=O)CCC(=O)c1ccnc2ccc(-c3ccc4c(c3)CCN(C(=O)OC(C)(C)C)C4)cc12. The van der Waals surface area contributed by atoms with Gasteiger partial charge in [-0.1, -0.05) is 24.3 Å². The number of rotatable bonds is 5. The molecule has 5 rings (SSSR count). The highest BCUT2D eigenvalue weighted by Gasteiger charge is 2.50. The maximum Gasteiger partial charge on any atom is 0.410 e. The van der Waals surface area contributed by atoms with Gasteiger partial charge in [-0.25, -0.2) is 20.1 Å². The first-order valence-corrected chi connectivity index (χ1v) is 13.9. The number of fused-ring (bicyclic) bond motifs is 2. The van der Waals surface area contributed by atoms with E-state index in [1.807, 2.05) is 51.1 Å². The molecule has 0 bridgehead atoms. The van der Waals surface area contributed by atoms with E-state index in [1.165, 1.54) is 6.20 Å². The van der Waals surface area contributed by atoms with Gasteiger partial charge in [0.2, 0.25) is 5.91 Å². The summed E-state index contributed by atoms with van der Waals surface area (Å²) in [4.78, 5) is 48.5. The Morgan fingerprint density at radius 3 is 2.55 bits per heavy atom. The first-order valence-electron chi connectivity index (χ1n) is 13.9. The Labute approximate surface area is 243 Å². The Kier molecular flexibility index (Phi) is 7.71. The van der Waals surface area contributed by atoms with Crippen LogP contribution in [0.15, 0.2) is 48.7 Å². The molecule has 0 spiro atoms. The number of carbonyl (C=O) groups is 3. The highest BCUT2D eigenvalue weighted by molar-refractivity contribution is 6.08. The molecule has 2 aromatic carbocycles. The van der Waals surface area contributed by atoms with Gasteiger partial charge in [-0.15, -0.1) is 0 Å². The van der Waals surface area contributed by atoms with Gasteiger partial charge in [-0.05, 0) is 67.6 Å². The number of halogens is 2. The molecule has 2 aliphatic heterocycles. The zero-order valence-electron chi connectivity index (χ0n) is 23.8. The lowest BCUT2D eigenvalue weighted by atomic mass is 9.93. The molecule has 0 aliphatic carbocycles. The van der Waals surface area contributed by atoms with E-state index in [-0.39, 0.29) is 24.7 Å². The van der Waals surface area contributed by atoms with E-state index >= 15 is 0 Å². The van der Waals surface area contributed by atoms with E-state index in [0.717, 1.165) is 27.2 Å². The minimum atomic E-state index is -3.10. The third-order valence-corrected chi connectivity index (χ3v) is 7.52. The predicted octanol–water partition coefficient (Wildman–Crippen LogP) is 6.27. The summed E-state index contributed by atoms with van der Waals surface area (Å²) in [5, 5.41) is 0.632. The van der Waals surface area contributed by atoms with Crippen molar-refractivity contribution in [3.8, 4) is 11.1 Å². The van der Waals surface area contributed by atoms with E-state index in [9.17, 15) is 23.2 Å². The topological polar surface area (TPSA) is 84.2 Å². The summed E-state index contributed by atoms with van der Waals surface area (Å²) in [5.41, 5.74) is 4.49. The van der Waals surface area contributed by atoms with Crippen LogP contribution in [0.4, 0.5) is 13.6 Å². The monoisotopic (exact) mass is 574 g/mol. The quantitative estimate of drug-likeness (QED) is 0.265. The van der Waals surface area contributed by atoms with Crippen LogP contribution in [0.25, 0.3) is 26.9 Å². The lowest BCUT2D eigenvalue weighted by Gasteiger charge is -2.31. The minimum Gasteiger partial charge on any atom is -0.444 e. The van der Waals surface area contributed by atoms with Gasteiger partial charge in [0.15, 0.2) is 5.78 Å². The molecule has 2 aliphatic rings. The molecule has 218 valence electrons. The van der Waals surface area contributed by atoms with Crippen molar-refractivity contribution in [1.82, 2.24) is 14.8 Å². The van der Waals surface area contributed by atoms with Crippen molar-refractivity contribution in [3.05, 3.63) is 76.8 Å². The number of benzene rings is 2. The van der Waals surface area contributed by atoms with Crippen molar-refractivity contribution in [2.75, 3.05) is 13.1 Å². The number of pyridine rings is 1. The summed E-state index contributed by atoms with van der Waals surface area (Å²) in [5.74, 6) is -4.02. The van der Waals surface area contributed by atoms with Crippen LogP contribution in [0.2, 0.25) is 0 Å². The molecule has 2 amide bonds. The highest BCUT2D eigenvalue weighted by atomic mass is 19.3. The molecule has 0 unspecified atom stereocenters. The van der Waals surface area contributed by atoms with Gasteiger partial charge in [-0.2, -0.15) is 0 Å². The van der Waals surface area contributed by atoms with E-state index in [2.05, 4.69) is 15.9 Å². The average Bonchev–Trinajstić information content (AvgIpc) is 3.28. The number of hydrogen-bond acceptors (Lipinski definition) is 5. The molecule has 0 saturated carbocycles. The minimum absolute atomic E-state index is 0.165. The molecule has 1 atom stereocenters. The van der Waals surface area contributed by atoms with E-state index < -0.39 is 36.6 Å². The third kappa shape index (κ3) is 6.25. The molecule has 0 radical (unpaired) electrons. The molecule has 3 heterocycles. The number of aromatic nitrogens is 1. The molecule has 10 heteroatoms. The van der Waals surface area contributed by atoms with Crippen molar-refractivity contribution in [2.45, 2.75) is 70.7 Å². The Balaban J connectivity index is 1.32. The van der Waals surface area contributed by atoms with Crippen LogP contribution in [-0.4, -0.2) is 63.3 Å². The number of amides is 2. The fourth-order valence-corrected chi connectivity index (χ4v) is 5.45. The largest absolute Gasteiger partial charge is 0.444 e. The van der Waals surface area contributed by atoms with Crippen LogP contribution in [0.1, 0.15) is 61.5 Å².